The monoisotopic (exact) mass is 332 g/mol. The molecule has 1 unspecified atom stereocenters. The third-order valence-electron chi connectivity index (χ3n) is 5.17. The Morgan fingerprint density at radius 1 is 1.08 bits per heavy atom. The molecule has 0 spiro atoms. The number of rotatable bonds is 6. The fourth-order valence-corrected chi connectivity index (χ4v) is 3.88. The Hall–Kier alpha value is -1.75. The summed E-state index contributed by atoms with van der Waals surface area (Å²) in [5.41, 5.74) is 0.976. The summed E-state index contributed by atoms with van der Waals surface area (Å²) < 4.78 is 10.6. The first-order valence-corrected chi connectivity index (χ1v) is 8.94. The zero-order valence-electron chi connectivity index (χ0n) is 14.8. The number of ether oxygens (including phenoxy) is 2. The van der Waals surface area contributed by atoms with E-state index in [0.29, 0.717) is 24.0 Å². The van der Waals surface area contributed by atoms with Gasteiger partial charge in [0.15, 0.2) is 11.5 Å². The predicted octanol–water partition coefficient (Wildman–Crippen LogP) is 2.33. The first-order chi connectivity index (χ1) is 11.7. The molecule has 5 heteroatoms. The Labute approximate surface area is 144 Å². The van der Waals surface area contributed by atoms with Crippen LogP contribution in [0.25, 0.3) is 0 Å². The highest BCUT2D eigenvalue weighted by Gasteiger charge is 2.30. The van der Waals surface area contributed by atoms with E-state index in [0.717, 1.165) is 31.5 Å². The van der Waals surface area contributed by atoms with E-state index in [1.165, 1.54) is 25.9 Å². The number of amides is 1. The van der Waals surface area contributed by atoms with E-state index in [1.807, 2.05) is 18.2 Å². The summed E-state index contributed by atoms with van der Waals surface area (Å²) in [4.78, 5) is 17.4. The molecule has 0 aliphatic carbocycles. The highest BCUT2D eigenvalue weighted by molar-refractivity contribution is 5.79. The average Bonchev–Trinajstić information content (AvgIpc) is 3.27. The van der Waals surface area contributed by atoms with Gasteiger partial charge in [-0.05, 0) is 56.5 Å². The molecular formula is C19H28N2O3. The lowest BCUT2D eigenvalue weighted by atomic mass is 10.1. The topological polar surface area (TPSA) is 42.0 Å². The highest BCUT2D eigenvalue weighted by Crippen LogP contribution is 2.28. The van der Waals surface area contributed by atoms with Crippen LogP contribution in [0.3, 0.4) is 0 Å². The van der Waals surface area contributed by atoms with Crippen molar-refractivity contribution in [1.82, 2.24) is 9.80 Å². The summed E-state index contributed by atoms with van der Waals surface area (Å²) in [5.74, 6) is 1.60. The third-order valence-corrected chi connectivity index (χ3v) is 5.17. The van der Waals surface area contributed by atoms with Crippen LogP contribution in [-0.2, 0) is 11.2 Å². The largest absolute Gasteiger partial charge is 0.493 e. The maximum absolute atomic E-state index is 12.8. The smallest absolute Gasteiger partial charge is 0.227 e. The Morgan fingerprint density at radius 2 is 1.83 bits per heavy atom. The molecule has 0 radical (unpaired) electrons. The van der Waals surface area contributed by atoms with E-state index in [-0.39, 0.29) is 5.91 Å². The van der Waals surface area contributed by atoms with Crippen molar-refractivity contribution >= 4 is 5.91 Å². The SMILES string of the molecule is COc1ccc(CC(=O)N2CCCC2CN2CCCC2)cc1OC. The molecule has 2 aliphatic heterocycles. The van der Waals surface area contributed by atoms with E-state index in [1.54, 1.807) is 14.2 Å². The van der Waals surface area contributed by atoms with Gasteiger partial charge >= 0.3 is 0 Å². The lowest BCUT2D eigenvalue weighted by Crippen LogP contribution is -2.43. The van der Waals surface area contributed by atoms with Crippen LogP contribution >= 0.6 is 0 Å². The molecule has 0 bridgehead atoms. The van der Waals surface area contributed by atoms with Crippen LogP contribution in [0.5, 0.6) is 11.5 Å². The molecule has 0 saturated carbocycles. The van der Waals surface area contributed by atoms with Gasteiger partial charge in [-0.15, -0.1) is 0 Å². The fraction of sp³-hybridized carbons (Fsp3) is 0.632. The number of hydrogen-bond donors (Lipinski definition) is 0. The zero-order valence-corrected chi connectivity index (χ0v) is 14.8. The number of carbonyl (C=O) groups excluding carboxylic acids is 1. The van der Waals surface area contributed by atoms with Crippen LogP contribution in [-0.4, -0.2) is 62.1 Å². The van der Waals surface area contributed by atoms with Crippen LogP contribution in [0.4, 0.5) is 0 Å². The molecule has 2 fully saturated rings. The summed E-state index contributed by atoms with van der Waals surface area (Å²) >= 11 is 0. The van der Waals surface area contributed by atoms with Crippen LogP contribution in [0.15, 0.2) is 18.2 Å². The quantitative estimate of drug-likeness (QED) is 0.802. The Balaban J connectivity index is 1.63. The van der Waals surface area contributed by atoms with Gasteiger partial charge in [-0.2, -0.15) is 0 Å². The van der Waals surface area contributed by atoms with Crippen LogP contribution in [0, 0.1) is 0 Å². The summed E-state index contributed by atoms with van der Waals surface area (Å²) in [6.45, 7) is 4.31. The van der Waals surface area contributed by atoms with Crippen molar-refractivity contribution in [1.29, 1.82) is 0 Å². The third kappa shape index (κ3) is 3.83. The van der Waals surface area contributed by atoms with Crippen LogP contribution in [0.1, 0.15) is 31.2 Å². The summed E-state index contributed by atoms with van der Waals surface area (Å²) in [7, 11) is 3.24. The average molecular weight is 332 g/mol. The molecule has 1 aromatic carbocycles. The van der Waals surface area contributed by atoms with Gasteiger partial charge in [0.05, 0.1) is 20.6 Å². The Morgan fingerprint density at radius 3 is 2.54 bits per heavy atom. The van der Waals surface area contributed by atoms with Gasteiger partial charge < -0.3 is 19.3 Å². The summed E-state index contributed by atoms with van der Waals surface area (Å²) in [6.07, 6.45) is 5.28. The molecule has 24 heavy (non-hydrogen) atoms. The van der Waals surface area contributed by atoms with E-state index >= 15 is 0 Å². The molecule has 2 heterocycles. The number of nitrogens with zero attached hydrogens (tertiary/aromatic N) is 2. The van der Waals surface area contributed by atoms with Crippen molar-refractivity contribution < 1.29 is 14.3 Å². The minimum absolute atomic E-state index is 0.226. The van der Waals surface area contributed by atoms with E-state index in [4.69, 9.17) is 9.47 Å². The molecule has 0 N–H and O–H groups in total. The first-order valence-electron chi connectivity index (χ1n) is 8.94. The van der Waals surface area contributed by atoms with Crippen molar-refractivity contribution in [3.63, 3.8) is 0 Å². The standard InChI is InChI=1S/C19H28N2O3/c1-23-17-8-7-15(12-18(17)24-2)13-19(22)21-11-5-6-16(21)14-20-9-3-4-10-20/h7-8,12,16H,3-6,9-11,13-14H2,1-2H3. The van der Waals surface area contributed by atoms with Crippen molar-refractivity contribution in [3.05, 3.63) is 23.8 Å². The molecule has 3 rings (SSSR count). The molecule has 1 amide bonds. The molecular weight excluding hydrogens is 304 g/mol. The zero-order chi connectivity index (χ0) is 16.9. The number of methoxy groups -OCH3 is 2. The van der Waals surface area contributed by atoms with Crippen molar-refractivity contribution in [2.45, 2.75) is 38.1 Å². The van der Waals surface area contributed by atoms with Crippen molar-refractivity contribution in [3.8, 4) is 11.5 Å². The van der Waals surface area contributed by atoms with Crippen LogP contribution < -0.4 is 9.47 Å². The number of carbonyl (C=O) groups is 1. The molecule has 2 saturated heterocycles. The fourth-order valence-electron chi connectivity index (χ4n) is 3.88. The maximum atomic E-state index is 12.8. The second-order valence-electron chi connectivity index (χ2n) is 6.76. The molecule has 1 atom stereocenters. The first kappa shape index (κ1) is 17.1. The van der Waals surface area contributed by atoms with Gasteiger partial charge in [0.1, 0.15) is 0 Å². The maximum Gasteiger partial charge on any atom is 0.227 e. The van der Waals surface area contributed by atoms with Crippen LogP contribution in [0.2, 0.25) is 0 Å². The highest BCUT2D eigenvalue weighted by atomic mass is 16.5. The molecule has 5 nitrogen and oxygen atoms in total. The van der Waals surface area contributed by atoms with Gasteiger partial charge in [0.25, 0.3) is 0 Å². The minimum Gasteiger partial charge on any atom is -0.493 e. The van der Waals surface area contributed by atoms with E-state index in [2.05, 4.69) is 9.80 Å². The van der Waals surface area contributed by atoms with Gasteiger partial charge in [-0.3, -0.25) is 4.79 Å². The number of likely N-dealkylation sites (tertiary alicyclic amines) is 2. The molecule has 132 valence electrons. The van der Waals surface area contributed by atoms with Gasteiger partial charge in [-0.25, -0.2) is 0 Å². The lowest BCUT2D eigenvalue weighted by Gasteiger charge is -2.28. The van der Waals surface area contributed by atoms with Gasteiger partial charge in [0.2, 0.25) is 5.91 Å². The molecule has 1 aromatic rings. The van der Waals surface area contributed by atoms with Gasteiger partial charge in [0, 0.05) is 19.1 Å². The van der Waals surface area contributed by atoms with E-state index < -0.39 is 0 Å². The lowest BCUT2D eigenvalue weighted by molar-refractivity contribution is -0.131. The van der Waals surface area contributed by atoms with Gasteiger partial charge in [-0.1, -0.05) is 6.07 Å². The minimum atomic E-state index is 0.226. The van der Waals surface area contributed by atoms with Crippen molar-refractivity contribution in [2.24, 2.45) is 0 Å². The number of benzene rings is 1. The van der Waals surface area contributed by atoms with Crippen molar-refractivity contribution in [2.75, 3.05) is 40.4 Å². The summed E-state index contributed by atoms with van der Waals surface area (Å²) in [5, 5.41) is 0. The normalized spacial score (nSPS) is 21.2. The second kappa shape index (κ2) is 7.88. The van der Waals surface area contributed by atoms with E-state index in [9.17, 15) is 4.79 Å². The molecule has 0 aromatic heterocycles. The number of hydrogen-bond acceptors (Lipinski definition) is 4. The summed E-state index contributed by atoms with van der Waals surface area (Å²) in [6, 6.07) is 6.11. The Bertz CT molecular complexity index is 570. The second-order valence-corrected chi connectivity index (χ2v) is 6.76. The Kier molecular flexibility index (Phi) is 5.61. The molecule has 2 aliphatic rings. The predicted molar refractivity (Wildman–Crippen MR) is 93.7 cm³/mol.